The first-order valence-electron chi connectivity index (χ1n) is 28.2. The van der Waals surface area contributed by atoms with E-state index < -0.39 is 35.3 Å². The second kappa shape index (κ2) is 25.8. The second-order valence-corrected chi connectivity index (χ2v) is 22.5. The summed E-state index contributed by atoms with van der Waals surface area (Å²) in [5.74, 6) is -0.913. The van der Waals surface area contributed by atoms with E-state index in [1.807, 2.05) is 56.0 Å². The van der Waals surface area contributed by atoms with Gasteiger partial charge in [0.05, 0.1) is 80.8 Å². The zero-order chi connectivity index (χ0) is 58.2. The zero-order valence-corrected chi connectivity index (χ0v) is 47.6. The predicted molar refractivity (Wildman–Crippen MR) is 305 cm³/mol. The maximum atomic E-state index is 15.1. The summed E-state index contributed by atoms with van der Waals surface area (Å²) in [4.78, 5) is 87.3. The smallest absolute Gasteiger partial charge is 0.305 e. The summed E-state index contributed by atoms with van der Waals surface area (Å²) in [6, 6.07) is 15.5. The van der Waals surface area contributed by atoms with Crippen molar-refractivity contribution in [3.8, 4) is 17.0 Å². The van der Waals surface area contributed by atoms with Gasteiger partial charge in [-0.05, 0) is 115 Å². The number of nitrogens with one attached hydrogen (secondary N) is 4. The van der Waals surface area contributed by atoms with Crippen LogP contribution in [-0.4, -0.2) is 137 Å². The normalized spacial score (nSPS) is 18.2. The van der Waals surface area contributed by atoms with Crippen molar-refractivity contribution < 1.29 is 42.6 Å². The Bertz CT molecular complexity index is 3230. The molecule has 1 saturated heterocycles. The van der Waals surface area contributed by atoms with Crippen LogP contribution in [0, 0.1) is 17.8 Å². The fourth-order valence-corrected chi connectivity index (χ4v) is 11.3. The molecule has 0 saturated carbocycles. The average Bonchev–Trinajstić information content (AvgIpc) is 4.27. The molecule has 21 nitrogen and oxygen atoms in total. The highest BCUT2D eigenvalue weighted by Gasteiger charge is 2.43. The lowest BCUT2D eigenvalue weighted by Gasteiger charge is -2.41. The lowest BCUT2D eigenvalue weighted by Crippen LogP contribution is -2.62. The molecule has 1 aliphatic carbocycles. The number of halogens is 1. The number of hydrogen-bond donors (Lipinski definition) is 5. The number of carbonyl (C=O) groups excluding carboxylic acids is 5. The van der Waals surface area contributed by atoms with Gasteiger partial charge in [-0.3, -0.25) is 24.0 Å². The van der Waals surface area contributed by atoms with E-state index in [0.29, 0.717) is 47.0 Å². The molecule has 9 rings (SSSR count). The molecule has 0 radical (unpaired) electrons. The van der Waals surface area contributed by atoms with E-state index in [4.69, 9.17) is 31.5 Å². The molecule has 5 atom stereocenters. The number of hydrogen-bond acceptors (Lipinski definition) is 14. The highest BCUT2D eigenvalue weighted by molar-refractivity contribution is 5.95. The Morgan fingerprint density at radius 1 is 0.951 bits per heavy atom. The van der Waals surface area contributed by atoms with Crippen molar-refractivity contribution in [1.82, 2.24) is 50.8 Å². The van der Waals surface area contributed by atoms with Crippen LogP contribution in [0.3, 0.4) is 0 Å². The number of nitrogens with two attached hydrogens (primary N) is 1. The number of amides is 5. The minimum Gasteiger partial charge on any atom is -0.491 e. The third-order valence-electron chi connectivity index (χ3n) is 15.8. The first kappa shape index (κ1) is 58.6. The third-order valence-corrected chi connectivity index (χ3v) is 15.8. The molecule has 5 heterocycles. The van der Waals surface area contributed by atoms with E-state index in [9.17, 15) is 24.0 Å². The highest BCUT2D eigenvalue weighted by Crippen LogP contribution is 2.41. The van der Waals surface area contributed by atoms with Gasteiger partial charge >= 0.3 is 5.82 Å². The van der Waals surface area contributed by atoms with Gasteiger partial charge < -0.3 is 60.8 Å². The van der Waals surface area contributed by atoms with Gasteiger partial charge in [0.15, 0.2) is 11.6 Å². The molecule has 1 fully saturated rings. The molecule has 3 aliphatic heterocycles. The van der Waals surface area contributed by atoms with Crippen LogP contribution in [0.4, 0.5) is 21.8 Å². The van der Waals surface area contributed by atoms with Gasteiger partial charge in [-0.15, -0.1) is 0 Å². The van der Waals surface area contributed by atoms with Crippen molar-refractivity contribution in [3.63, 3.8) is 0 Å². The van der Waals surface area contributed by atoms with Gasteiger partial charge in [0.1, 0.15) is 30.3 Å². The molecule has 434 valence electrons. The summed E-state index contributed by atoms with van der Waals surface area (Å²) in [5, 5.41) is 16.7. The van der Waals surface area contributed by atoms with Crippen LogP contribution in [0.25, 0.3) is 16.1 Å². The van der Waals surface area contributed by atoms with Crippen molar-refractivity contribution in [2.75, 3.05) is 70.9 Å². The van der Waals surface area contributed by atoms with Crippen LogP contribution in [0.1, 0.15) is 116 Å². The van der Waals surface area contributed by atoms with Gasteiger partial charge in [-0.2, -0.15) is 4.68 Å². The number of benzene rings is 3. The summed E-state index contributed by atoms with van der Waals surface area (Å²) in [7, 11) is 3.28. The van der Waals surface area contributed by atoms with Crippen LogP contribution in [0.15, 0.2) is 66.9 Å². The average molecular weight is 1120 g/mol. The SMILES string of the molecule is [C-]#[N+]c1nn(CCNC(=O)CCOCCOCCOc2ccc3c(c2)CN(C(=O)[C@@H](NC(=O)[C@H](C)NC)C(C)(C)C)[C@H](C(=O)N[C@@H]2CCCc4ccccc42)C3)c2c1-c1cnc(N)c(n1)N1CCC[C@@H]1c1cc(F)cc(c1)C(=O)N(C)C2. The van der Waals surface area contributed by atoms with Crippen LogP contribution >= 0.6 is 0 Å². The lowest BCUT2D eigenvalue weighted by molar-refractivity contribution is -0.147. The summed E-state index contributed by atoms with van der Waals surface area (Å²) in [6.45, 7) is 17.6. The minimum absolute atomic E-state index is 0.0113. The number of aromatic nitrogens is 4. The van der Waals surface area contributed by atoms with Crippen LogP contribution in [0.5, 0.6) is 5.75 Å². The highest BCUT2D eigenvalue weighted by atomic mass is 19.1. The molecule has 3 aromatic carbocycles. The fourth-order valence-electron chi connectivity index (χ4n) is 11.3. The van der Waals surface area contributed by atoms with Gasteiger partial charge in [0.2, 0.25) is 23.6 Å². The zero-order valence-electron chi connectivity index (χ0n) is 47.6. The van der Waals surface area contributed by atoms with Gasteiger partial charge in [0, 0.05) is 45.1 Å². The summed E-state index contributed by atoms with van der Waals surface area (Å²) in [6.07, 6.45) is 6.01. The quantitative estimate of drug-likeness (QED) is 0.0489. The topological polar surface area (TPSA) is 245 Å². The van der Waals surface area contributed by atoms with Crippen LogP contribution in [0.2, 0.25) is 0 Å². The number of nitrogens with zero attached hydrogens (tertiary/aromatic N) is 8. The minimum atomic E-state index is -0.910. The molecule has 5 amide bonds. The van der Waals surface area contributed by atoms with E-state index in [0.717, 1.165) is 42.4 Å². The van der Waals surface area contributed by atoms with Gasteiger partial charge in [-0.25, -0.2) is 14.4 Å². The number of aryl methyl sites for hydroxylation is 1. The second-order valence-electron chi connectivity index (χ2n) is 22.5. The van der Waals surface area contributed by atoms with Gasteiger partial charge in [0.25, 0.3) is 5.91 Å². The molecular weight excluding hydrogens is 1050 g/mol. The fraction of sp³-hybridized carbons (Fsp3) is 0.483. The third kappa shape index (κ3) is 13.3. The Kier molecular flexibility index (Phi) is 18.5. The Morgan fingerprint density at radius 2 is 1.73 bits per heavy atom. The standard InChI is InChI=1S/C60H74FN13O8/c1-36(63-5)56(76)69-52(60(2,3)4)59(79)73-34-41-31-43(18-17-38(41)32-48(73)57(77)68-45-15-10-13-37-12-8-9-14-44(37)45)82-27-26-81-25-24-80-23-19-50(75)65-20-22-74-49-35-71(7)58(78)40-28-39(29-42(61)30-40)47-16-11-21-72(47)55-53(62)66-33-46(67-55)51(49)54(64-6)70-74/h8-9,12,14,17-18,28-31,33,36,45,47-48,52,63H,10-11,13,15-16,19-27,32,34-35H2,1-5,7H3,(H2,62,66)(H,65,75)(H,68,77)(H,69,76)/t36-,45+,47+,48-,52+/m0/s1. The number of likely N-dealkylation sites (N-methyl/N-ethyl adjacent to an activating group) is 1. The van der Waals surface area contributed by atoms with Crippen molar-refractivity contribution >= 4 is 47.0 Å². The predicted octanol–water partition coefficient (Wildman–Crippen LogP) is 5.74. The monoisotopic (exact) mass is 1120 g/mol. The molecule has 5 aromatic rings. The lowest BCUT2D eigenvalue weighted by atomic mass is 9.83. The van der Waals surface area contributed by atoms with Crippen LogP contribution < -0.4 is 36.6 Å². The number of rotatable bonds is 19. The molecule has 82 heavy (non-hydrogen) atoms. The molecule has 22 heteroatoms. The molecule has 6 N–H and O–H groups in total. The Hall–Kier alpha value is -8.00. The first-order valence-corrected chi connectivity index (χ1v) is 28.2. The maximum absolute atomic E-state index is 15.1. The molecule has 4 aliphatic rings. The summed E-state index contributed by atoms with van der Waals surface area (Å²) in [5.41, 5.74) is 11.8. The van der Waals surface area contributed by atoms with Crippen molar-refractivity contribution in [2.45, 2.75) is 122 Å². The molecule has 4 bridgehead atoms. The number of ether oxygens (including phenoxy) is 3. The first-order chi connectivity index (χ1) is 39.4. The van der Waals surface area contributed by atoms with E-state index in [1.54, 1.807) is 36.7 Å². The molecule has 0 spiro atoms. The molecule has 0 unspecified atom stereocenters. The maximum Gasteiger partial charge on any atom is 0.305 e. The van der Waals surface area contributed by atoms with Crippen molar-refractivity contribution in [1.29, 1.82) is 0 Å². The molecule has 2 aromatic heterocycles. The number of nitrogen functional groups attached to an aromatic ring is 1. The number of fused-ring (bicyclic) bond motifs is 11. The van der Waals surface area contributed by atoms with E-state index in [-0.39, 0.29) is 125 Å². The van der Waals surface area contributed by atoms with Crippen molar-refractivity contribution in [3.05, 3.63) is 123 Å². The van der Waals surface area contributed by atoms with Crippen molar-refractivity contribution in [2.24, 2.45) is 5.41 Å². The van der Waals surface area contributed by atoms with E-state index in [1.165, 1.54) is 28.8 Å². The Balaban J connectivity index is 0.757. The van der Waals surface area contributed by atoms with E-state index in [2.05, 4.69) is 48.3 Å². The van der Waals surface area contributed by atoms with Crippen LogP contribution in [-0.2, 0) is 61.1 Å². The Labute approximate surface area is 477 Å². The summed E-state index contributed by atoms with van der Waals surface area (Å²) < 4.78 is 34.3. The van der Waals surface area contributed by atoms with Gasteiger partial charge in [-0.1, -0.05) is 57.7 Å². The van der Waals surface area contributed by atoms with E-state index >= 15 is 4.39 Å². The summed E-state index contributed by atoms with van der Waals surface area (Å²) >= 11 is 0. The Morgan fingerprint density at radius 3 is 2.51 bits per heavy atom. The molecular formula is C60H74FN13O8. The largest absolute Gasteiger partial charge is 0.491 e. The number of anilines is 2. The number of carbonyl (C=O) groups is 5.